The summed E-state index contributed by atoms with van der Waals surface area (Å²) in [7, 11) is 0. The van der Waals surface area contributed by atoms with Gasteiger partial charge in [0.25, 0.3) is 0 Å². The molecule has 0 atom stereocenters. The Labute approximate surface area is 126 Å². The van der Waals surface area contributed by atoms with Gasteiger partial charge in [-0.3, -0.25) is 4.57 Å². The topological polar surface area (TPSA) is 70.1 Å². The van der Waals surface area contributed by atoms with Crippen molar-refractivity contribution in [3.8, 4) is 5.69 Å². The molecular weight excluding hydrogens is 297 g/mol. The Balaban J connectivity index is 2.63. The highest BCUT2D eigenvalue weighted by molar-refractivity contribution is 6.30. The molecule has 7 heteroatoms. The van der Waals surface area contributed by atoms with Crippen molar-refractivity contribution in [2.45, 2.75) is 20.3 Å². The standard InChI is InChI=1S/C14H15ClFN3O2/c1-3-11-18-12(14(20)21-4-2)13(17)19(11)10-7-8(15)5-6-9(10)16/h5-7H,3-4,17H2,1-2H3. The first-order valence-electron chi connectivity index (χ1n) is 6.49. The van der Waals surface area contributed by atoms with Gasteiger partial charge in [-0.2, -0.15) is 0 Å². The number of halogens is 2. The number of nitrogen functional groups attached to an aromatic ring is 1. The van der Waals surface area contributed by atoms with Crippen molar-refractivity contribution in [3.63, 3.8) is 0 Å². The van der Waals surface area contributed by atoms with Gasteiger partial charge in [-0.1, -0.05) is 18.5 Å². The van der Waals surface area contributed by atoms with Crippen molar-refractivity contribution in [1.82, 2.24) is 9.55 Å². The average molecular weight is 312 g/mol. The summed E-state index contributed by atoms with van der Waals surface area (Å²) in [6.45, 7) is 3.72. The van der Waals surface area contributed by atoms with Crippen LogP contribution in [0.5, 0.6) is 0 Å². The van der Waals surface area contributed by atoms with Crippen LogP contribution in [0.2, 0.25) is 5.02 Å². The van der Waals surface area contributed by atoms with E-state index < -0.39 is 11.8 Å². The minimum absolute atomic E-state index is 0.0203. The van der Waals surface area contributed by atoms with Crippen LogP contribution in [0.3, 0.4) is 0 Å². The molecule has 5 nitrogen and oxygen atoms in total. The summed E-state index contributed by atoms with van der Waals surface area (Å²) in [5, 5.41) is 0.360. The van der Waals surface area contributed by atoms with Crippen LogP contribution in [0.4, 0.5) is 10.2 Å². The number of anilines is 1. The van der Waals surface area contributed by atoms with E-state index in [1.807, 2.05) is 6.92 Å². The summed E-state index contributed by atoms with van der Waals surface area (Å²) < 4.78 is 20.3. The molecule has 0 amide bonds. The molecule has 2 aromatic rings. The molecule has 2 N–H and O–H groups in total. The van der Waals surface area contributed by atoms with Crippen molar-refractivity contribution in [3.05, 3.63) is 40.6 Å². The molecule has 0 unspecified atom stereocenters. The molecule has 0 aliphatic carbocycles. The van der Waals surface area contributed by atoms with E-state index >= 15 is 0 Å². The number of aromatic nitrogens is 2. The van der Waals surface area contributed by atoms with Crippen LogP contribution >= 0.6 is 11.6 Å². The van der Waals surface area contributed by atoms with Crippen LogP contribution in [0, 0.1) is 5.82 Å². The van der Waals surface area contributed by atoms with E-state index in [-0.39, 0.29) is 23.8 Å². The van der Waals surface area contributed by atoms with Gasteiger partial charge >= 0.3 is 5.97 Å². The van der Waals surface area contributed by atoms with Crippen molar-refractivity contribution >= 4 is 23.4 Å². The lowest BCUT2D eigenvalue weighted by Gasteiger charge is -2.10. The zero-order valence-electron chi connectivity index (χ0n) is 11.7. The van der Waals surface area contributed by atoms with E-state index in [2.05, 4.69) is 4.98 Å². The normalized spacial score (nSPS) is 10.7. The number of carbonyl (C=O) groups excluding carboxylic acids is 1. The predicted molar refractivity (Wildman–Crippen MR) is 78.3 cm³/mol. The second-order valence-electron chi connectivity index (χ2n) is 4.27. The number of esters is 1. The molecule has 0 fully saturated rings. The van der Waals surface area contributed by atoms with Gasteiger partial charge in [0.1, 0.15) is 17.5 Å². The van der Waals surface area contributed by atoms with Gasteiger partial charge in [0.2, 0.25) is 0 Å². The number of rotatable bonds is 4. The second kappa shape index (κ2) is 6.13. The number of nitrogens with zero attached hydrogens (tertiary/aromatic N) is 2. The average Bonchev–Trinajstić information content (AvgIpc) is 2.78. The quantitative estimate of drug-likeness (QED) is 0.881. The van der Waals surface area contributed by atoms with Crippen molar-refractivity contribution in [2.75, 3.05) is 12.3 Å². The molecule has 0 aliphatic heterocycles. The highest BCUT2D eigenvalue weighted by Gasteiger charge is 2.23. The van der Waals surface area contributed by atoms with Crippen LogP contribution in [0.15, 0.2) is 18.2 Å². The summed E-state index contributed by atoms with van der Waals surface area (Å²) in [5.41, 5.74) is 6.08. The van der Waals surface area contributed by atoms with Crippen LogP contribution in [-0.4, -0.2) is 22.1 Å². The fourth-order valence-electron chi connectivity index (χ4n) is 1.99. The summed E-state index contributed by atoms with van der Waals surface area (Å²) in [6.07, 6.45) is 0.468. The fourth-order valence-corrected chi connectivity index (χ4v) is 2.16. The number of ether oxygens (including phenoxy) is 1. The first kappa shape index (κ1) is 15.3. The molecular formula is C14H15ClFN3O2. The second-order valence-corrected chi connectivity index (χ2v) is 4.70. The first-order valence-corrected chi connectivity index (χ1v) is 6.87. The largest absolute Gasteiger partial charge is 0.461 e. The third-order valence-electron chi connectivity index (χ3n) is 2.92. The minimum atomic E-state index is -0.633. The number of hydrogen-bond acceptors (Lipinski definition) is 4. The van der Waals surface area contributed by atoms with E-state index in [4.69, 9.17) is 22.1 Å². The summed E-state index contributed by atoms with van der Waals surface area (Å²) in [6, 6.07) is 4.11. The fraction of sp³-hybridized carbons (Fsp3) is 0.286. The number of hydrogen-bond donors (Lipinski definition) is 1. The third kappa shape index (κ3) is 2.85. The van der Waals surface area contributed by atoms with E-state index in [0.29, 0.717) is 17.3 Å². The minimum Gasteiger partial charge on any atom is -0.461 e. The van der Waals surface area contributed by atoms with E-state index in [1.165, 1.54) is 22.8 Å². The third-order valence-corrected chi connectivity index (χ3v) is 3.15. The Bertz CT molecular complexity index is 685. The van der Waals surface area contributed by atoms with Gasteiger partial charge < -0.3 is 10.5 Å². The van der Waals surface area contributed by atoms with Crippen molar-refractivity contribution < 1.29 is 13.9 Å². The molecule has 112 valence electrons. The van der Waals surface area contributed by atoms with E-state index in [0.717, 1.165) is 0 Å². The molecule has 1 aromatic carbocycles. The Morgan fingerprint density at radius 1 is 1.48 bits per heavy atom. The number of benzene rings is 1. The van der Waals surface area contributed by atoms with Gasteiger partial charge in [-0.05, 0) is 25.1 Å². The maximum Gasteiger partial charge on any atom is 0.360 e. The molecule has 1 aromatic heterocycles. The summed E-state index contributed by atoms with van der Waals surface area (Å²) >= 11 is 5.90. The molecule has 1 heterocycles. The number of nitrogens with two attached hydrogens (primary N) is 1. The Hall–Kier alpha value is -2.08. The highest BCUT2D eigenvalue weighted by atomic mass is 35.5. The molecule has 0 bridgehead atoms. The summed E-state index contributed by atoms with van der Waals surface area (Å²) in [5.74, 6) is -0.650. The molecule has 0 spiro atoms. The van der Waals surface area contributed by atoms with Crippen molar-refractivity contribution in [2.24, 2.45) is 0 Å². The lowest BCUT2D eigenvalue weighted by atomic mass is 10.3. The molecule has 0 saturated carbocycles. The maximum atomic E-state index is 14.0. The highest BCUT2D eigenvalue weighted by Crippen LogP contribution is 2.26. The number of carbonyl (C=O) groups is 1. The first-order chi connectivity index (χ1) is 9.99. The van der Waals surface area contributed by atoms with E-state index in [1.54, 1.807) is 6.92 Å². The van der Waals surface area contributed by atoms with Gasteiger partial charge in [0.15, 0.2) is 5.69 Å². The predicted octanol–water partition coefficient (Wildman–Crippen LogP) is 2.99. The number of aryl methyl sites for hydroxylation is 1. The van der Waals surface area contributed by atoms with Gasteiger partial charge in [-0.15, -0.1) is 0 Å². The van der Waals surface area contributed by atoms with Gasteiger partial charge in [0.05, 0.1) is 12.3 Å². The molecule has 0 aliphatic rings. The van der Waals surface area contributed by atoms with E-state index in [9.17, 15) is 9.18 Å². The lowest BCUT2D eigenvalue weighted by Crippen LogP contribution is -2.10. The number of imidazole rings is 1. The lowest BCUT2D eigenvalue weighted by molar-refractivity contribution is 0.0521. The SMILES string of the molecule is CCOC(=O)c1nc(CC)n(-c2cc(Cl)ccc2F)c1N. The van der Waals surface area contributed by atoms with Crippen molar-refractivity contribution in [1.29, 1.82) is 0 Å². The zero-order chi connectivity index (χ0) is 15.6. The molecule has 21 heavy (non-hydrogen) atoms. The molecule has 2 rings (SSSR count). The van der Waals surface area contributed by atoms with Crippen LogP contribution in [0.25, 0.3) is 5.69 Å². The maximum absolute atomic E-state index is 14.0. The van der Waals surface area contributed by atoms with Gasteiger partial charge in [-0.25, -0.2) is 14.2 Å². The zero-order valence-corrected chi connectivity index (χ0v) is 12.4. The Morgan fingerprint density at radius 2 is 2.19 bits per heavy atom. The summed E-state index contributed by atoms with van der Waals surface area (Å²) in [4.78, 5) is 16.0. The smallest absolute Gasteiger partial charge is 0.360 e. The van der Waals surface area contributed by atoms with Gasteiger partial charge in [0, 0.05) is 11.4 Å². The molecule has 0 radical (unpaired) electrons. The van der Waals surface area contributed by atoms with Crippen LogP contribution in [0.1, 0.15) is 30.2 Å². The van der Waals surface area contributed by atoms with Crippen LogP contribution in [-0.2, 0) is 11.2 Å². The Morgan fingerprint density at radius 3 is 2.81 bits per heavy atom. The molecule has 0 saturated heterocycles. The van der Waals surface area contributed by atoms with Crippen LogP contribution < -0.4 is 5.73 Å². The Kier molecular flexibility index (Phi) is 4.47. The monoisotopic (exact) mass is 311 g/mol.